The van der Waals surface area contributed by atoms with E-state index in [0.29, 0.717) is 17.4 Å². The number of rotatable bonds is 22. The van der Waals surface area contributed by atoms with E-state index in [1.165, 1.54) is 64.2 Å². The first-order chi connectivity index (χ1) is 15.1. The Kier molecular flexibility index (Phi) is 19.7. The van der Waals surface area contributed by atoms with Crippen molar-refractivity contribution in [2.75, 3.05) is 27.7 Å². The van der Waals surface area contributed by atoms with Crippen LogP contribution in [0.4, 0.5) is 0 Å². The number of phosphoric acid groups is 1. The first-order valence-electron chi connectivity index (χ1n) is 13.0. The van der Waals surface area contributed by atoms with Crippen LogP contribution in [0.3, 0.4) is 0 Å². The summed E-state index contributed by atoms with van der Waals surface area (Å²) < 4.78 is 16.8. The van der Waals surface area contributed by atoms with Crippen LogP contribution < -0.4 is 0 Å². The average molecular weight is 475 g/mol. The summed E-state index contributed by atoms with van der Waals surface area (Å²) in [4.78, 5) is 18.2. The molecule has 32 heavy (non-hydrogen) atoms. The second-order valence-corrected chi connectivity index (χ2v) is 11.3. The van der Waals surface area contributed by atoms with Gasteiger partial charge in [-0.2, -0.15) is 0 Å². The minimum absolute atomic E-state index is 0.398. The van der Waals surface area contributed by atoms with Crippen molar-refractivity contribution in [3.63, 3.8) is 0 Å². The van der Waals surface area contributed by atoms with Crippen molar-refractivity contribution >= 4 is 7.82 Å². The fourth-order valence-electron chi connectivity index (χ4n) is 3.84. The van der Waals surface area contributed by atoms with Gasteiger partial charge in [0, 0.05) is 0 Å². The van der Waals surface area contributed by atoms with E-state index in [1.54, 1.807) is 0 Å². The van der Waals surface area contributed by atoms with Gasteiger partial charge in [-0.15, -0.1) is 0 Å². The molecule has 1 atom stereocenters. The molecule has 190 valence electrons. The minimum atomic E-state index is -4.43. The summed E-state index contributed by atoms with van der Waals surface area (Å²) in [6.45, 7) is 2.86. The fourth-order valence-corrected chi connectivity index (χ4v) is 4.40. The maximum Gasteiger partial charge on any atom is 0.470 e. The van der Waals surface area contributed by atoms with Gasteiger partial charge < -0.3 is 14.3 Å². The second kappa shape index (κ2) is 20.0. The highest BCUT2D eigenvalue weighted by molar-refractivity contribution is 7.46. The molecule has 0 amide bonds. The van der Waals surface area contributed by atoms with Gasteiger partial charge in [0.15, 0.2) is 0 Å². The lowest BCUT2D eigenvalue weighted by Gasteiger charge is -2.29. The summed E-state index contributed by atoms with van der Waals surface area (Å²) in [5.74, 6) is 0. The fraction of sp³-hybridized carbons (Fsp3) is 0.846. The lowest BCUT2D eigenvalue weighted by molar-refractivity contribution is -0.873. The van der Waals surface area contributed by atoms with Gasteiger partial charge in [0.1, 0.15) is 12.6 Å². The van der Waals surface area contributed by atoms with E-state index in [-0.39, 0.29) is 0 Å². The molecule has 2 N–H and O–H groups in total. The van der Waals surface area contributed by atoms with E-state index in [0.717, 1.165) is 32.1 Å². The number of hydrogen-bond acceptors (Lipinski definition) is 2. The van der Waals surface area contributed by atoms with Crippen LogP contribution in [-0.2, 0) is 9.09 Å². The number of phosphoric ester groups is 1. The van der Waals surface area contributed by atoms with Crippen LogP contribution >= 0.6 is 7.82 Å². The van der Waals surface area contributed by atoms with Gasteiger partial charge in [-0.3, -0.25) is 4.52 Å². The molecular formula is C26H53NO4P+. The van der Waals surface area contributed by atoms with Crippen molar-refractivity contribution in [2.45, 2.75) is 116 Å². The standard InChI is InChI=1S/C26H52NO4P/c1-5-6-7-8-9-10-11-12-13-14-15-16-17-18-19-20-21-22-23-24-26(25-27(2,3)4)31-32(28,29)30/h13-14,18-19,26H,5-12,15-17,20-25H2,1-4H3,(H-,28,29,30)/p+1/b14-13-,19-18-. The highest BCUT2D eigenvalue weighted by Gasteiger charge is 2.26. The highest BCUT2D eigenvalue weighted by Crippen LogP contribution is 2.39. The third kappa shape index (κ3) is 25.8. The maximum atomic E-state index is 11.2. The monoisotopic (exact) mass is 474 g/mol. The van der Waals surface area contributed by atoms with Crippen LogP contribution in [0.15, 0.2) is 24.3 Å². The lowest BCUT2D eigenvalue weighted by Crippen LogP contribution is -2.42. The van der Waals surface area contributed by atoms with Crippen molar-refractivity contribution in [1.82, 2.24) is 0 Å². The van der Waals surface area contributed by atoms with Crippen molar-refractivity contribution < 1.29 is 23.4 Å². The Morgan fingerprint density at radius 2 is 1.16 bits per heavy atom. The van der Waals surface area contributed by atoms with Crippen molar-refractivity contribution in [3.05, 3.63) is 24.3 Å². The average Bonchev–Trinajstić information content (AvgIpc) is 2.67. The molecule has 1 unspecified atom stereocenters. The van der Waals surface area contributed by atoms with Crippen molar-refractivity contribution in [2.24, 2.45) is 0 Å². The predicted octanol–water partition coefficient (Wildman–Crippen LogP) is 7.54. The summed E-state index contributed by atoms with van der Waals surface area (Å²) in [6.07, 6.45) is 28.2. The Balaban J connectivity index is 3.62. The number of allylic oxidation sites excluding steroid dienone is 4. The molecule has 0 aliphatic heterocycles. The van der Waals surface area contributed by atoms with Gasteiger partial charge in [0.25, 0.3) is 0 Å². The van der Waals surface area contributed by atoms with E-state index in [9.17, 15) is 4.57 Å². The quantitative estimate of drug-likeness (QED) is 0.0736. The normalized spacial score (nSPS) is 14.1. The van der Waals surface area contributed by atoms with E-state index in [2.05, 4.69) is 31.2 Å². The first-order valence-corrected chi connectivity index (χ1v) is 14.5. The van der Waals surface area contributed by atoms with E-state index < -0.39 is 13.9 Å². The molecule has 0 aromatic rings. The van der Waals surface area contributed by atoms with E-state index in [1.807, 2.05) is 21.1 Å². The molecule has 0 aliphatic rings. The number of hydrogen-bond donors (Lipinski definition) is 2. The molecule has 0 aromatic heterocycles. The smallest absolute Gasteiger partial charge is 0.329 e. The van der Waals surface area contributed by atoms with Gasteiger partial charge in [0.2, 0.25) is 0 Å². The Morgan fingerprint density at radius 3 is 1.62 bits per heavy atom. The zero-order chi connectivity index (χ0) is 24.1. The van der Waals surface area contributed by atoms with Gasteiger partial charge in [0.05, 0.1) is 21.1 Å². The molecule has 6 heteroatoms. The molecule has 0 heterocycles. The molecule has 0 saturated carbocycles. The van der Waals surface area contributed by atoms with E-state index >= 15 is 0 Å². The largest absolute Gasteiger partial charge is 0.470 e. The Bertz CT molecular complexity index is 522. The topological polar surface area (TPSA) is 66.8 Å². The van der Waals surface area contributed by atoms with Crippen LogP contribution in [0, 0.1) is 0 Å². The summed E-state index contributed by atoms with van der Waals surface area (Å²) >= 11 is 0. The molecule has 0 spiro atoms. The molecule has 0 rings (SSSR count). The Hall–Kier alpha value is -0.450. The third-order valence-electron chi connectivity index (χ3n) is 5.48. The van der Waals surface area contributed by atoms with Crippen LogP contribution in [0.2, 0.25) is 0 Å². The molecule has 0 aliphatic carbocycles. The van der Waals surface area contributed by atoms with E-state index in [4.69, 9.17) is 14.3 Å². The maximum absolute atomic E-state index is 11.2. The van der Waals surface area contributed by atoms with Crippen molar-refractivity contribution in [1.29, 1.82) is 0 Å². The van der Waals surface area contributed by atoms with Crippen LogP contribution in [-0.4, -0.2) is 48.1 Å². The summed E-state index contributed by atoms with van der Waals surface area (Å²) in [7, 11) is 1.59. The van der Waals surface area contributed by atoms with Gasteiger partial charge in [-0.1, -0.05) is 82.6 Å². The van der Waals surface area contributed by atoms with Crippen LogP contribution in [0.1, 0.15) is 110 Å². The van der Waals surface area contributed by atoms with Crippen LogP contribution in [0.5, 0.6) is 0 Å². The molecule has 0 bridgehead atoms. The summed E-state index contributed by atoms with van der Waals surface area (Å²) in [5, 5.41) is 0. The molecule has 5 nitrogen and oxygen atoms in total. The van der Waals surface area contributed by atoms with Crippen LogP contribution in [0.25, 0.3) is 0 Å². The first kappa shape index (κ1) is 31.6. The number of unbranched alkanes of at least 4 members (excludes halogenated alkanes) is 12. The minimum Gasteiger partial charge on any atom is -0.329 e. The summed E-state index contributed by atoms with van der Waals surface area (Å²) in [6, 6.07) is 0. The number of likely N-dealkylation sites (N-methyl/N-ethyl adjacent to an activating group) is 1. The third-order valence-corrected chi connectivity index (χ3v) is 6.06. The summed E-state index contributed by atoms with van der Waals surface area (Å²) in [5.41, 5.74) is 0. The Morgan fingerprint density at radius 1 is 0.719 bits per heavy atom. The lowest BCUT2D eigenvalue weighted by atomic mass is 10.1. The molecule has 0 saturated heterocycles. The SMILES string of the molecule is CCCCCCCCC/C=C\CCC/C=C\CCCCCC(C[N+](C)(C)C)OP(=O)(O)O. The highest BCUT2D eigenvalue weighted by atomic mass is 31.2. The second-order valence-electron chi connectivity index (χ2n) is 10.1. The number of quaternary nitrogens is 1. The van der Waals surface area contributed by atoms with Gasteiger partial charge >= 0.3 is 7.82 Å². The molecular weight excluding hydrogens is 421 g/mol. The molecule has 0 radical (unpaired) electrons. The van der Waals surface area contributed by atoms with Gasteiger partial charge in [-0.25, -0.2) is 4.57 Å². The van der Waals surface area contributed by atoms with Gasteiger partial charge in [-0.05, 0) is 51.4 Å². The molecule has 0 aromatic carbocycles. The number of nitrogens with zero attached hydrogens (tertiary/aromatic N) is 1. The van der Waals surface area contributed by atoms with Crippen molar-refractivity contribution in [3.8, 4) is 0 Å². The molecule has 0 fully saturated rings. The predicted molar refractivity (Wildman–Crippen MR) is 138 cm³/mol. The Labute approximate surface area is 199 Å². The zero-order valence-electron chi connectivity index (χ0n) is 21.5. The zero-order valence-corrected chi connectivity index (χ0v) is 22.4.